The number of carbonyl (C=O) groups is 1. The molecule has 120 valence electrons. The lowest BCUT2D eigenvalue weighted by molar-refractivity contribution is -0.145. The molecule has 0 radical (unpaired) electrons. The van der Waals surface area contributed by atoms with Crippen molar-refractivity contribution in [3.05, 3.63) is 22.2 Å². The number of hydrogen-bond acceptors (Lipinski definition) is 4. The van der Waals surface area contributed by atoms with E-state index in [1.807, 2.05) is 19.1 Å². The van der Waals surface area contributed by atoms with E-state index >= 15 is 0 Å². The topological polar surface area (TPSA) is 59.0 Å². The van der Waals surface area contributed by atoms with Crippen molar-refractivity contribution in [1.29, 1.82) is 0 Å². The molecule has 3 rings (SSSR count). The second-order valence-electron chi connectivity index (χ2n) is 5.90. The molecule has 0 aromatic heterocycles. The molecule has 5 nitrogen and oxygen atoms in total. The van der Waals surface area contributed by atoms with E-state index in [4.69, 9.17) is 9.47 Å². The van der Waals surface area contributed by atoms with Crippen LogP contribution in [-0.2, 0) is 11.3 Å². The Hall–Kier alpha value is -1.27. The van der Waals surface area contributed by atoms with Gasteiger partial charge in [0.2, 0.25) is 0 Å². The Morgan fingerprint density at radius 3 is 2.95 bits per heavy atom. The number of carboxylic acid groups (broad SMARTS) is 1. The van der Waals surface area contributed by atoms with Crippen LogP contribution >= 0.6 is 15.9 Å². The first-order valence-electron chi connectivity index (χ1n) is 7.61. The van der Waals surface area contributed by atoms with Gasteiger partial charge in [0.1, 0.15) is 13.2 Å². The van der Waals surface area contributed by atoms with Crippen molar-refractivity contribution in [3.63, 3.8) is 0 Å². The Morgan fingerprint density at radius 2 is 2.18 bits per heavy atom. The fourth-order valence-corrected chi connectivity index (χ4v) is 3.86. The number of carboxylic acids is 1. The number of benzene rings is 1. The van der Waals surface area contributed by atoms with Gasteiger partial charge in [0.25, 0.3) is 0 Å². The third-order valence-electron chi connectivity index (χ3n) is 4.48. The van der Waals surface area contributed by atoms with Crippen molar-refractivity contribution in [2.45, 2.75) is 32.4 Å². The van der Waals surface area contributed by atoms with Crippen molar-refractivity contribution in [1.82, 2.24) is 4.90 Å². The monoisotopic (exact) mass is 369 g/mol. The Balaban J connectivity index is 1.78. The Labute approximate surface area is 138 Å². The summed E-state index contributed by atoms with van der Waals surface area (Å²) < 4.78 is 12.1. The summed E-state index contributed by atoms with van der Waals surface area (Å²) in [6.45, 7) is 4.78. The molecule has 6 heteroatoms. The largest absolute Gasteiger partial charge is 0.486 e. The van der Waals surface area contributed by atoms with Gasteiger partial charge >= 0.3 is 5.97 Å². The van der Waals surface area contributed by atoms with Gasteiger partial charge < -0.3 is 14.6 Å². The predicted octanol–water partition coefficient (Wildman–Crippen LogP) is 2.91. The van der Waals surface area contributed by atoms with Crippen LogP contribution in [0.25, 0.3) is 0 Å². The second-order valence-corrected chi connectivity index (χ2v) is 6.75. The molecule has 2 atom stereocenters. The second kappa shape index (κ2) is 6.46. The van der Waals surface area contributed by atoms with Crippen molar-refractivity contribution in [2.24, 2.45) is 5.92 Å². The third kappa shape index (κ3) is 3.08. The number of nitrogens with zero attached hydrogens (tertiary/aromatic N) is 1. The molecular weight excluding hydrogens is 350 g/mol. The summed E-state index contributed by atoms with van der Waals surface area (Å²) in [7, 11) is 0. The van der Waals surface area contributed by atoms with Crippen molar-refractivity contribution in [2.75, 3.05) is 19.8 Å². The van der Waals surface area contributed by atoms with Gasteiger partial charge in [-0.2, -0.15) is 0 Å². The number of piperidine rings is 1. The molecule has 0 bridgehead atoms. The highest BCUT2D eigenvalue weighted by atomic mass is 79.9. The lowest BCUT2D eigenvalue weighted by Crippen LogP contribution is -2.45. The standard InChI is InChI=1S/C16H20BrNO4/c1-10-12(16(19)20)3-2-4-18(10)9-11-7-13(17)15-14(8-11)21-5-6-22-15/h7-8,10,12H,2-6,9H2,1H3,(H,19,20)/t10-,12-/m1/s1. The van der Waals surface area contributed by atoms with E-state index in [0.29, 0.717) is 13.2 Å². The summed E-state index contributed by atoms with van der Waals surface area (Å²) in [5.74, 6) is 0.537. The van der Waals surface area contributed by atoms with E-state index in [-0.39, 0.29) is 12.0 Å². The summed E-state index contributed by atoms with van der Waals surface area (Å²) in [6, 6.07) is 4.07. The van der Waals surface area contributed by atoms with Crippen LogP contribution in [0.3, 0.4) is 0 Å². The van der Waals surface area contributed by atoms with Crippen LogP contribution in [0.1, 0.15) is 25.3 Å². The minimum absolute atomic E-state index is 0.0400. The fraction of sp³-hybridized carbons (Fsp3) is 0.562. The molecule has 0 saturated carbocycles. The van der Waals surface area contributed by atoms with Crippen LogP contribution in [0.2, 0.25) is 0 Å². The maximum Gasteiger partial charge on any atom is 0.308 e. The molecular formula is C16H20BrNO4. The minimum Gasteiger partial charge on any atom is -0.486 e. The summed E-state index contributed by atoms with van der Waals surface area (Å²) in [5.41, 5.74) is 1.11. The highest BCUT2D eigenvalue weighted by Crippen LogP contribution is 2.39. The predicted molar refractivity (Wildman–Crippen MR) is 85.4 cm³/mol. The number of fused-ring (bicyclic) bond motifs is 1. The van der Waals surface area contributed by atoms with E-state index in [2.05, 4.69) is 20.8 Å². The van der Waals surface area contributed by atoms with Crippen LogP contribution in [0.4, 0.5) is 0 Å². The van der Waals surface area contributed by atoms with Crippen molar-refractivity contribution >= 4 is 21.9 Å². The summed E-state index contributed by atoms with van der Waals surface area (Å²) >= 11 is 3.53. The van der Waals surface area contributed by atoms with Gasteiger partial charge in [-0.15, -0.1) is 0 Å². The molecule has 1 aromatic carbocycles. The molecule has 0 spiro atoms. The highest BCUT2D eigenvalue weighted by Gasteiger charge is 2.33. The molecule has 2 aliphatic heterocycles. The quantitative estimate of drug-likeness (QED) is 0.887. The van der Waals surface area contributed by atoms with Crippen molar-refractivity contribution < 1.29 is 19.4 Å². The van der Waals surface area contributed by atoms with Crippen LogP contribution in [0.5, 0.6) is 11.5 Å². The van der Waals surface area contributed by atoms with Gasteiger partial charge in [0.15, 0.2) is 11.5 Å². The lowest BCUT2D eigenvalue weighted by atomic mass is 9.90. The van der Waals surface area contributed by atoms with E-state index in [9.17, 15) is 9.90 Å². The maximum absolute atomic E-state index is 11.3. The average Bonchev–Trinajstić information content (AvgIpc) is 2.49. The molecule has 1 aromatic rings. The van der Waals surface area contributed by atoms with Gasteiger partial charge in [-0.25, -0.2) is 0 Å². The van der Waals surface area contributed by atoms with E-state index in [1.165, 1.54) is 0 Å². The lowest BCUT2D eigenvalue weighted by Gasteiger charge is -2.37. The number of likely N-dealkylation sites (tertiary alicyclic amines) is 1. The first-order chi connectivity index (χ1) is 10.6. The zero-order valence-electron chi connectivity index (χ0n) is 12.5. The summed E-state index contributed by atoms with van der Waals surface area (Å²) in [4.78, 5) is 13.6. The molecule has 0 aliphatic carbocycles. The fourth-order valence-electron chi connectivity index (χ4n) is 3.26. The van der Waals surface area contributed by atoms with Gasteiger partial charge in [0.05, 0.1) is 10.4 Å². The maximum atomic E-state index is 11.3. The van der Waals surface area contributed by atoms with Gasteiger partial charge in [0, 0.05) is 12.6 Å². The molecule has 0 amide bonds. The van der Waals surface area contributed by atoms with E-state index in [0.717, 1.165) is 47.5 Å². The third-order valence-corrected chi connectivity index (χ3v) is 5.07. The zero-order valence-corrected chi connectivity index (χ0v) is 14.1. The summed E-state index contributed by atoms with van der Waals surface area (Å²) in [6.07, 6.45) is 1.69. The summed E-state index contributed by atoms with van der Waals surface area (Å²) in [5, 5.41) is 9.32. The first kappa shape index (κ1) is 15.6. The Morgan fingerprint density at radius 1 is 1.41 bits per heavy atom. The van der Waals surface area contributed by atoms with Gasteiger partial charge in [-0.05, 0) is 59.9 Å². The van der Waals surface area contributed by atoms with E-state index < -0.39 is 5.97 Å². The van der Waals surface area contributed by atoms with Crippen LogP contribution in [0, 0.1) is 5.92 Å². The zero-order chi connectivity index (χ0) is 15.7. The van der Waals surface area contributed by atoms with Gasteiger partial charge in [-0.1, -0.05) is 0 Å². The Bertz CT molecular complexity index is 578. The number of aliphatic carboxylic acids is 1. The number of halogens is 1. The molecule has 1 saturated heterocycles. The van der Waals surface area contributed by atoms with Crippen LogP contribution < -0.4 is 9.47 Å². The normalized spacial score (nSPS) is 25.0. The molecule has 1 N–H and O–H groups in total. The Kier molecular flexibility index (Phi) is 4.59. The van der Waals surface area contributed by atoms with Crippen LogP contribution in [0.15, 0.2) is 16.6 Å². The molecule has 2 heterocycles. The minimum atomic E-state index is -0.694. The average molecular weight is 370 g/mol. The number of hydrogen-bond donors (Lipinski definition) is 1. The number of rotatable bonds is 3. The molecule has 0 unspecified atom stereocenters. The van der Waals surface area contributed by atoms with Gasteiger partial charge in [-0.3, -0.25) is 9.69 Å². The highest BCUT2D eigenvalue weighted by molar-refractivity contribution is 9.10. The van der Waals surface area contributed by atoms with Crippen LogP contribution in [-0.4, -0.2) is 41.8 Å². The van der Waals surface area contributed by atoms with Crippen molar-refractivity contribution in [3.8, 4) is 11.5 Å². The molecule has 1 fully saturated rings. The molecule has 2 aliphatic rings. The SMILES string of the molecule is C[C@@H]1[C@H](C(=O)O)CCCN1Cc1cc(Br)c2c(c1)OCCO2. The smallest absolute Gasteiger partial charge is 0.308 e. The number of ether oxygens (including phenoxy) is 2. The molecule has 22 heavy (non-hydrogen) atoms. The van der Waals surface area contributed by atoms with E-state index in [1.54, 1.807) is 0 Å². The first-order valence-corrected chi connectivity index (χ1v) is 8.40.